The van der Waals surface area contributed by atoms with E-state index in [0.717, 1.165) is 0 Å². The van der Waals surface area contributed by atoms with Crippen molar-refractivity contribution in [3.8, 4) is 0 Å². The predicted octanol–water partition coefficient (Wildman–Crippen LogP) is -1.24. The molecule has 9 heavy (non-hydrogen) atoms. The quantitative estimate of drug-likeness (QED) is 0.469. The second kappa shape index (κ2) is 2.24. The molecule has 0 amide bonds. The summed E-state index contributed by atoms with van der Waals surface area (Å²) in [4.78, 5) is 0. The van der Waals surface area contributed by atoms with E-state index < -0.39 is 15.3 Å². The lowest BCUT2D eigenvalue weighted by atomic mass is 10.6. The van der Waals surface area contributed by atoms with E-state index >= 15 is 0 Å². The van der Waals surface area contributed by atoms with Gasteiger partial charge in [0.15, 0.2) is 9.84 Å². The highest BCUT2D eigenvalue weighted by Crippen LogP contribution is 2.01. The Hall–Kier alpha value is -0.130. The van der Waals surface area contributed by atoms with Crippen LogP contribution in [0, 0.1) is 0 Å². The zero-order chi connectivity index (χ0) is 6.91. The molecule has 0 bridgehead atoms. The van der Waals surface area contributed by atoms with Crippen molar-refractivity contribution in [3.05, 3.63) is 0 Å². The largest absolute Gasteiger partial charge is 0.312 e. The number of hydrogen-bond acceptors (Lipinski definition) is 3. The number of hydrogen-bond donors (Lipinski definition) is 1. The summed E-state index contributed by atoms with van der Waals surface area (Å²) in [5.41, 5.74) is -1.44. The van der Waals surface area contributed by atoms with E-state index in [-0.39, 0.29) is 12.3 Å². The van der Waals surface area contributed by atoms with Crippen molar-refractivity contribution in [2.45, 2.75) is 5.44 Å². The predicted molar refractivity (Wildman–Crippen MR) is 31.1 cm³/mol. The van der Waals surface area contributed by atoms with Crippen LogP contribution in [0.15, 0.2) is 0 Å². The molecule has 0 aromatic heterocycles. The molecule has 1 atom stereocenters. The lowest BCUT2D eigenvalue weighted by Gasteiger charge is -2.15. The molecule has 1 aliphatic heterocycles. The fourth-order valence-corrected chi connectivity index (χ4v) is 1.76. The maximum atomic E-state index is 10.6. The molecule has 1 rings (SSSR count). The minimum atomic E-state index is -3.28. The van der Waals surface area contributed by atoms with Crippen molar-refractivity contribution in [2.24, 2.45) is 0 Å². The van der Waals surface area contributed by atoms with Crippen LogP contribution >= 0.6 is 0 Å². The summed E-state index contributed by atoms with van der Waals surface area (Å²) in [7, 11) is -3.28. The molecule has 1 unspecified atom stereocenters. The second-order valence-corrected chi connectivity index (χ2v) is 4.26. The second-order valence-electron chi connectivity index (χ2n) is 2.00. The van der Waals surface area contributed by atoms with Crippen LogP contribution in [0.5, 0.6) is 0 Å². The fraction of sp³-hybridized carbons (Fsp3) is 1.00. The third kappa shape index (κ3) is 1.41. The Balaban J connectivity index is 2.72. The zero-order valence-corrected chi connectivity index (χ0v) is 5.65. The first-order valence-electron chi connectivity index (χ1n) is 2.71. The van der Waals surface area contributed by atoms with Gasteiger partial charge in [0.2, 0.25) is 5.44 Å². The molecular formula is C4H8NO3S. The molecular weight excluding hydrogens is 142 g/mol. The molecule has 0 aromatic carbocycles. The van der Waals surface area contributed by atoms with E-state index in [0.29, 0.717) is 6.54 Å². The smallest absolute Gasteiger partial charge is 0.206 e. The van der Waals surface area contributed by atoms with Crippen molar-refractivity contribution in [2.75, 3.05) is 18.8 Å². The Bertz CT molecular complexity index is 186. The summed E-state index contributed by atoms with van der Waals surface area (Å²) in [6, 6.07) is 0. The molecule has 4 nitrogen and oxygen atoms in total. The first-order chi connectivity index (χ1) is 4.13. The van der Waals surface area contributed by atoms with Crippen LogP contribution in [-0.4, -0.2) is 32.7 Å². The van der Waals surface area contributed by atoms with Gasteiger partial charge < -0.3 is 5.32 Å². The van der Waals surface area contributed by atoms with Gasteiger partial charge in [0.25, 0.3) is 0 Å². The standard InChI is InChI=1S/C4H8NO3S/c6-4-3-5-1-2-9(4,7)8/h4-5H,1-3H2. The maximum Gasteiger partial charge on any atom is 0.206 e. The minimum absolute atomic E-state index is 0.0127. The Labute approximate surface area is 53.8 Å². The van der Waals surface area contributed by atoms with Gasteiger partial charge in [0, 0.05) is 13.1 Å². The van der Waals surface area contributed by atoms with Crippen molar-refractivity contribution in [1.29, 1.82) is 0 Å². The lowest BCUT2D eigenvalue weighted by molar-refractivity contribution is 0.149. The van der Waals surface area contributed by atoms with Gasteiger partial charge >= 0.3 is 0 Å². The average Bonchev–Trinajstić information content (AvgIpc) is 1.77. The normalized spacial score (nSPS) is 34.1. The van der Waals surface area contributed by atoms with Gasteiger partial charge in [-0.15, -0.1) is 0 Å². The summed E-state index contributed by atoms with van der Waals surface area (Å²) < 4.78 is 21.3. The Kier molecular flexibility index (Phi) is 1.74. The molecule has 1 saturated heterocycles. The molecule has 0 aliphatic carbocycles. The van der Waals surface area contributed by atoms with Crippen LogP contribution in [0.25, 0.3) is 0 Å². The third-order valence-electron chi connectivity index (χ3n) is 1.27. The number of rotatable bonds is 0. The molecule has 0 spiro atoms. The number of nitrogens with one attached hydrogen (secondary N) is 1. The highest BCUT2D eigenvalue weighted by Gasteiger charge is 2.27. The molecule has 1 heterocycles. The Morgan fingerprint density at radius 2 is 2.11 bits per heavy atom. The van der Waals surface area contributed by atoms with Gasteiger partial charge in [-0.1, -0.05) is 0 Å². The van der Waals surface area contributed by atoms with Crippen LogP contribution in [0.1, 0.15) is 0 Å². The van der Waals surface area contributed by atoms with E-state index in [1.54, 1.807) is 0 Å². The highest BCUT2D eigenvalue weighted by molar-refractivity contribution is 7.91. The molecule has 1 fully saturated rings. The van der Waals surface area contributed by atoms with Crippen LogP contribution in [0.3, 0.4) is 0 Å². The summed E-state index contributed by atoms with van der Waals surface area (Å²) in [5.74, 6) is -0.0127. The summed E-state index contributed by atoms with van der Waals surface area (Å²) in [6.07, 6.45) is 0. The lowest BCUT2D eigenvalue weighted by Crippen LogP contribution is -2.42. The Morgan fingerprint density at radius 1 is 1.44 bits per heavy atom. The van der Waals surface area contributed by atoms with Crippen LogP contribution in [-0.2, 0) is 14.9 Å². The van der Waals surface area contributed by atoms with E-state index in [9.17, 15) is 13.5 Å². The van der Waals surface area contributed by atoms with Crippen LogP contribution in [0.4, 0.5) is 0 Å². The molecule has 0 aromatic rings. The minimum Gasteiger partial charge on any atom is -0.312 e. The SMILES string of the molecule is [O]C1CNCCS1(=O)=O. The Morgan fingerprint density at radius 3 is 2.44 bits per heavy atom. The van der Waals surface area contributed by atoms with Gasteiger partial charge in [-0.25, -0.2) is 13.5 Å². The van der Waals surface area contributed by atoms with Crippen molar-refractivity contribution in [3.63, 3.8) is 0 Å². The first-order valence-corrected chi connectivity index (χ1v) is 4.42. The van der Waals surface area contributed by atoms with Crippen molar-refractivity contribution >= 4 is 9.84 Å². The molecule has 53 valence electrons. The van der Waals surface area contributed by atoms with E-state index in [4.69, 9.17) is 0 Å². The maximum absolute atomic E-state index is 10.6. The van der Waals surface area contributed by atoms with Crippen molar-refractivity contribution in [1.82, 2.24) is 5.32 Å². The summed E-state index contributed by atoms with van der Waals surface area (Å²) >= 11 is 0. The zero-order valence-electron chi connectivity index (χ0n) is 4.83. The molecule has 1 radical (unpaired) electrons. The van der Waals surface area contributed by atoms with E-state index in [1.807, 2.05) is 0 Å². The molecule has 1 aliphatic rings. The molecule has 0 saturated carbocycles. The fourth-order valence-electron chi connectivity index (χ4n) is 0.693. The highest BCUT2D eigenvalue weighted by atomic mass is 32.2. The van der Waals surface area contributed by atoms with Gasteiger partial charge in [0.05, 0.1) is 5.75 Å². The van der Waals surface area contributed by atoms with Crippen LogP contribution in [0.2, 0.25) is 0 Å². The van der Waals surface area contributed by atoms with E-state index in [1.165, 1.54) is 0 Å². The summed E-state index contributed by atoms with van der Waals surface area (Å²) in [6.45, 7) is 0.476. The summed E-state index contributed by atoms with van der Waals surface area (Å²) in [5, 5.41) is 13.2. The molecule has 1 N–H and O–H groups in total. The monoisotopic (exact) mass is 150 g/mol. The van der Waals surface area contributed by atoms with E-state index in [2.05, 4.69) is 5.32 Å². The average molecular weight is 150 g/mol. The third-order valence-corrected chi connectivity index (χ3v) is 3.02. The topological polar surface area (TPSA) is 66.1 Å². The van der Waals surface area contributed by atoms with Gasteiger partial charge in [-0.3, -0.25) is 0 Å². The van der Waals surface area contributed by atoms with Crippen LogP contribution < -0.4 is 5.32 Å². The first kappa shape index (κ1) is 6.98. The van der Waals surface area contributed by atoms with Gasteiger partial charge in [-0.2, -0.15) is 0 Å². The van der Waals surface area contributed by atoms with Gasteiger partial charge in [0.1, 0.15) is 0 Å². The molecule has 5 heteroatoms. The van der Waals surface area contributed by atoms with Gasteiger partial charge in [-0.05, 0) is 0 Å². The van der Waals surface area contributed by atoms with Crippen molar-refractivity contribution < 1.29 is 13.5 Å². The number of sulfone groups is 1.